The zero-order valence-electron chi connectivity index (χ0n) is 12.8. The van der Waals surface area contributed by atoms with Crippen molar-refractivity contribution in [2.75, 3.05) is 19.7 Å². The van der Waals surface area contributed by atoms with Crippen LogP contribution in [0, 0.1) is 5.82 Å². The van der Waals surface area contributed by atoms with Gasteiger partial charge in [0.05, 0.1) is 11.1 Å². The molecule has 2 aliphatic rings. The van der Waals surface area contributed by atoms with Crippen LogP contribution in [-0.2, 0) is 20.7 Å². The molecule has 0 bridgehead atoms. The number of hydrogen-bond acceptors (Lipinski definition) is 4. The highest BCUT2D eigenvalue weighted by molar-refractivity contribution is 6.30. The lowest BCUT2D eigenvalue weighted by Gasteiger charge is -2.20. The van der Waals surface area contributed by atoms with Crippen molar-refractivity contribution in [1.82, 2.24) is 9.80 Å². The molecule has 2 saturated heterocycles. The maximum Gasteiger partial charge on any atom is 0.417 e. The van der Waals surface area contributed by atoms with Gasteiger partial charge < -0.3 is 9.64 Å². The van der Waals surface area contributed by atoms with Gasteiger partial charge in [-0.15, -0.1) is 0 Å². The topological polar surface area (TPSA) is 66.9 Å². The van der Waals surface area contributed by atoms with E-state index in [0.29, 0.717) is 25.9 Å². The molecular weight excluding hydrogens is 339 g/mol. The van der Waals surface area contributed by atoms with Crippen molar-refractivity contribution in [2.45, 2.75) is 25.3 Å². The molecule has 1 unspecified atom stereocenters. The Kier molecular flexibility index (Phi) is 4.71. The number of hydrogen-bond donors (Lipinski definition) is 0. The first-order valence-corrected chi connectivity index (χ1v) is 8.04. The SMILES string of the molecule is O=C(CCc1ccc(F)c(Cl)c1)N1CCC(N2C(=O)COC2=O)C1. The summed E-state index contributed by atoms with van der Waals surface area (Å²) in [6.07, 6.45) is 0.618. The van der Waals surface area contributed by atoms with Gasteiger partial charge in [-0.2, -0.15) is 0 Å². The zero-order valence-corrected chi connectivity index (χ0v) is 13.6. The summed E-state index contributed by atoms with van der Waals surface area (Å²) in [6, 6.07) is 4.06. The third kappa shape index (κ3) is 3.36. The highest BCUT2D eigenvalue weighted by atomic mass is 35.5. The number of likely N-dealkylation sites (tertiary alicyclic amines) is 1. The summed E-state index contributed by atoms with van der Waals surface area (Å²) in [6.45, 7) is 0.586. The van der Waals surface area contributed by atoms with Gasteiger partial charge in [0.25, 0.3) is 5.91 Å². The van der Waals surface area contributed by atoms with E-state index in [1.807, 2.05) is 0 Å². The molecular formula is C16H16ClFN2O4. The van der Waals surface area contributed by atoms with Gasteiger partial charge in [-0.25, -0.2) is 14.1 Å². The number of nitrogens with zero attached hydrogens (tertiary/aromatic N) is 2. The normalized spacial score (nSPS) is 20.7. The van der Waals surface area contributed by atoms with Gasteiger partial charge in [-0.05, 0) is 30.5 Å². The fraction of sp³-hybridized carbons (Fsp3) is 0.438. The lowest BCUT2D eigenvalue weighted by atomic mass is 10.1. The summed E-state index contributed by atoms with van der Waals surface area (Å²) in [4.78, 5) is 38.2. The number of benzene rings is 1. The number of carbonyl (C=O) groups excluding carboxylic acids is 3. The number of aryl methyl sites for hydroxylation is 1. The minimum Gasteiger partial charge on any atom is -0.439 e. The van der Waals surface area contributed by atoms with Crippen molar-refractivity contribution >= 4 is 29.5 Å². The van der Waals surface area contributed by atoms with Crippen LogP contribution in [0.3, 0.4) is 0 Å². The van der Waals surface area contributed by atoms with E-state index < -0.39 is 11.9 Å². The Balaban J connectivity index is 1.54. The average molecular weight is 355 g/mol. The zero-order chi connectivity index (χ0) is 17.3. The molecule has 24 heavy (non-hydrogen) atoms. The van der Waals surface area contributed by atoms with Crippen LogP contribution < -0.4 is 0 Å². The second-order valence-corrected chi connectivity index (χ2v) is 6.26. The summed E-state index contributed by atoms with van der Waals surface area (Å²) in [5, 5.41) is 0.0345. The Hall–Kier alpha value is -2.15. The van der Waals surface area contributed by atoms with Gasteiger partial charge in [0.15, 0.2) is 6.61 Å². The quantitative estimate of drug-likeness (QED) is 0.829. The van der Waals surface area contributed by atoms with Crippen molar-refractivity contribution in [2.24, 2.45) is 0 Å². The molecule has 0 aliphatic carbocycles. The van der Waals surface area contributed by atoms with Crippen LogP contribution in [0.25, 0.3) is 0 Å². The summed E-state index contributed by atoms with van der Waals surface area (Å²) >= 11 is 5.72. The van der Waals surface area contributed by atoms with Gasteiger partial charge >= 0.3 is 6.09 Å². The molecule has 0 aromatic heterocycles. The summed E-state index contributed by atoms with van der Waals surface area (Å²) in [7, 11) is 0. The molecule has 1 atom stereocenters. The molecule has 0 spiro atoms. The molecule has 128 valence electrons. The van der Waals surface area contributed by atoms with Crippen molar-refractivity contribution < 1.29 is 23.5 Å². The van der Waals surface area contributed by atoms with Crippen LogP contribution in [-0.4, -0.2) is 53.4 Å². The number of halogens is 2. The summed E-state index contributed by atoms with van der Waals surface area (Å²) in [5.41, 5.74) is 0.781. The predicted octanol–water partition coefficient (Wildman–Crippen LogP) is 1.99. The average Bonchev–Trinajstić information content (AvgIpc) is 3.15. The van der Waals surface area contributed by atoms with Crippen molar-refractivity contribution in [3.63, 3.8) is 0 Å². The molecule has 2 aliphatic heterocycles. The first-order chi connectivity index (χ1) is 11.5. The second kappa shape index (κ2) is 6.76. The van der Waals surface area contributed by atoms with Gasteiger partial charge in [-0.3, -0.25) is 9.59 Å². The number of imide groups is 1. The van der Waals surface area contributed by atoms with Crippen LogP contribution in [0.1, 0.15) is 18.4 Å². The predicted molar refractivity (Wildman–Crippen MR) is 82.9 cm³/mol. The number of carbonyl (C=O) groups is 3. The monoisotopic (exact) mass is 354 g/mol. The Morgan fingerprint density at radius 2 is 2.17 bits per heavy atom. The third-order valence-electron chi connectivity index (χ3n) is 4.28. The van der Waals surface area contributed by atoms with E-state index in [0.717, 1.165) is 10.5 Å². The van der Waals surface area contributed by atoms with E-state index in [2.05, 4.69) is 0 Å². The van der Waals surface area contributed by atoms with E-state index in [1.165, 1.54) is 12.1 Å². The number of ether oxygens (including phenoxy) is 1. The molecule has 6 nitrogen and oxygen atoms in total. The Morgan fingerprint density at radius 3 is 2.83 bits per heavy atom. The van der Waals surface area contributed by atoms with Crippen molar-refractivity contribution in [1.29, 1.82) is 0 Å². The molecule has 1 aromatic carbocycles. The van der Waals surface area contributed by atoms with E-state index in [9.17, 15) is 18.8 Å². The highest BCUT2D eigenvalue weighted by Gasteiger charge is 2.41. The summed E-state index contributed by atoms with van der Waals surface area (Å²) < 4.78 is 17.8. The molecule has 3 amide bonds. The molecule has 2 fully saturated rings. The van der Waals surface area contributed by atoms with Gasteiger partial charge in [0, 0.05) is 19.5 Å². The Bertz CT molecular complexity index is 681. The van der Waals surface area contributed by atoms with Crippen LogP contribution in [0.2, 0.25) is 5.02 Å². The van der Waals surface area contributed by atoms with Crippen LogP contribution in [0.15, 0.2) is 18.2 Å². The lowest BCUT2D eigenvalue weighted by molar-refractivity contribution is -0.131. The molecule has 0 N–H and O–H groups in total. The maximum atomic E-state index is 13.1. The van der Waals surface area contributed by atoms with E-state index >= 15 is 0 Å². The summed E-state index contributed by atoms with van der Waals surface area (Å²) in [5.74, 6) is -0.922. The maximum absolute atomic E-state index is 13.1. The first-order valence-electron chi connectivity index (χ1n) is 7.66. The highest BCUT2D eigenvalue weighted by Crippen LogP contribution is 2.22. The van der Waals surface area contributed by atoms with Crippen LogP contribution in [0.4, 0.5) is 9.18 Å². The minimum absolute atomic E-state index is 0.0345. The molecule has 1 aromatic rings. The fourth-order valence-electron chi connectivity index (χ4n) is 3.00. The Labute approximate surface area is 143 Å². The lowest BCUT2D eigenvalue weighted by Crippen LogP contribution is -2.42. The van der Waals surface area contributed by atoms with Gasteiger partial charge in [0.1, 0.15) is 5.82 Å². The largest absolute Gasteiger partial charge is 0.439 e. The van der Waals surface area contributed by atoms with Gasteiger partial charge in [0.2, 0.25) is 5.91 Å². The molecule has 2 heterocycles. The van der Waals surface area contributed by atoms with Gasteiger partial charge in [-0.1, -0.05) is 17.7 Å². The number of rotatable bonds is 4. The molecule has 0 saturated carbocycles. The van der Waals surface area contributed by atoms with Crippen LogP contribution in [0.5, 0.6) is 0 Å². The molecule has 3 rings (SSSR count). The smallest absolute Gasteiger partial charge is 0.417 e. The first kappa shape index (κ1) is 16.7. The fourth-order valence-corrected chi connectivity index (χ4v) is 3.20. The number of cyclic esters (lactones) is 1. The van der Waals surface area contributed by atoms with Crippen LogP contribution >= 0.6 is 11.6 Å². The Morgan fingerprint density at radius 1 is 1.38 bits per heavy atom. The standard InChI is InChI=1S/C16H16ClFN2O4/c17-12-7-10(1-3-13(12)18)2-4-14(21)19-6-5-11(8-19)20-15(22)9-24-16(20)23/h1,3,7,11H,2,4-6,8-9H2. The van der Waals surface area contributed by atoms with E-state index in [4.69, 9.17) is 16.3 Å². The van der Waals surface area contributed by atoms with E-state index in [1.54, 1.807) is 11.0 Å². The second-order valence-electron chi connectivity index (χ2n) is 5.85. The number of amides is 3. The van der Waals surface area contributed by atoms with E-state index in [-0.39, 0.29) is 35.9 Å². The minimum atomic E-state index is -0.639. The molecule has 8 heteroatoms. The third-order valence-corrected chi connectivity index (χ3v) is 4.57. The molecule has 0 radical (unpaired) electrons. The van der Waals surface area contributed by atoms with Crippen molar-refractivity contribution in [3.8, 4) is 0 Å². The van der Waals surface area contributed by atoms with Crippen molar-refractivity contribution in [3.05, 3.63) is 34.6 Å².